The highest BCUT2D eigenvalue weighted by Gasteiger charge is 2.42. The number of aromatic nitrogens is 2. The van der Waals surface area contributed by atoms with E-state index >= 15 is 0 Å². The van der Waals surface area contributed by atoms with Gasteiger partial charge in [-0.15, -0.1) is 0 Å². The second-order valence-corrected chi connectivity index (χ2v) is 14.0. The summed E-state index contributed by atoms with van der Waals surface area (Å²) in [5.74, 6) is 1.18. The predicted octanol–water partition coefficient (Wildman–Crippen LogP) is 8.34. The van der Waals surface area contributed by atoms with E-state index in [1.165, 1.54) is 79.7 Å². The number of nitrogens with zero attached hydrogens (tertiary/aromatic N) is 4. The van der Waals surface area contributed by atoms with Crippen molar-refractivity contribution in [2.45, 2.75) is 93.7 Å². The quantitative estimate of drug-likeness (QED) is 0.211. The van der Waals surface area contributed by atoms with E-state index in [4.69, 9.17) is 4.98 Å². The van der Waals surface area contributed by atoms with Gasteiger partial charge in [0, 0.05) is 36.1 Å². The molecule has 3 aromatic carbocycles. The van der Waals surface area contributed by atoms with Crippen LogP contribution in [0.15, 0.2) is 83.8 Å². The lowest BCUT2D eigenvalue weighted by Crippen LogP contribution is -2.54. The third-order valence-electron chi connectivity index (χ3n) is 10.4. The van der Waals surface area contributed by atoms with Crippen LogP contribution in [-0.2, 0) is 5.41 Å². The minimum absolute atomic E-state index is 0.271. The zero-order chi connectivity index (χ0) is 27.8. The highest BCUT2D eigenvalue weighted by Crippen LogP contribution is 2.45. The highest BCUT2D eigenvalue weighted by atomic mass is 32.2. The number of aryl methyl sites for hydroxylation is 2. The van der Waals surface area contributed by atoms with Crippen LogP contribution >= 0.6 is 11.9 Å². The fourth-order valence-corrected chi connectivity index (χ4v) is 9.34. The van der Waals surface area contributed by atoms with E-state index in [0.29, 0.717) is 18.1 Å². The number of fused-ring (bicyclic) bond motifs is 3. The molecule has 41 heavy (non-hydrogen) atoms. The van der Waals surface area contributed by atoms with E-state index in [0.717, 1.165) is 18.6 Å². The Hall–Kier alpha value is -2.60. The van der Waals surface area contributed by atoms with Crippen LogP contribution in [0.4, 0.5) is 0 Å². The Labute approximate surface area is 250 Å². The Kier molecular flexibility index (Phi) is 7.70. The van der Waals surface area contributed by atoms with E-state index in [-0.39, 0.29) is 5.41 Å². The Morgan fingerprint density at radius 2 is 1.56 bits per heavy atom. The molecule has 3 fully saturated rings. The molecule has 0 radical (unpaired) electrons. The van der Waals surface area contributed by atoms with Crippen molar-refractivity contribution in [3.63, 3.8) is 0 Å². The number of piperidine rings is 3. The topological polar surface area (TPSA) is 24.3 Å². The fraction of sp³-hybridized carbons (Fsp3) is 0.472. The molecule has 3 atom stereocenters. The Balaban J connectivity index is 1.07. The first-order valence-electron chi connectivity index (χ1n) is 15.8. The van der Waals surface area contributed by atoms with E-state index in [9.17, 15) is 0 Å². The van der Waals surface area contributed by atoms with Crippen LogP contribution in [0, 0.1) is 13.8 Å². The van der Waals surface area contributed by atoms with Gasteiger partial charge in [-0.25, -0.2) is 9.29 Å². The summed E-state index contributed by atoms with van der Waals surface area (Å²) in [6.45, 7) is 7.92. The zero-order valence-corrected chi connectivity index (χ0v) is 25.5. The standard InChI is InChI=1S/C36H44N4S/c1-27-10-8-15-33(24-27)41-38-21-18-36(19-22-38,29-11-4-3-5-12-29)20-23-39-30-13-9-14-31(39)26-32(25-30)40-28(2)37-34-16-6-7-17-35(34)40/h3-8,10-12,15-17,24,30-32H,9,13-14,18-23,25-26H2,1-2H3/t30-,31+,32?. The van der Waals surface area contributed by atoms with Gasteiger partial charge in [-0.2, -0.15) is 0 Å². The van der Waals surface area contributed by atoms with E-state index in [1.54, 1.807) is 5.56 Å². The summed E-state index contributed by atoms with van der Waals surface area (Å²) in [6, 6.07) is 31.1. The molecule has 0 N–H and O–H groups in total. The number of para-hydroxylation sites is 2. The molecule has 4 aromatic rings. The predicted molar refractivity (Wildman–Crippen MR) is 171 cm³/mol. The summed E-state index contributed by atoms with van der Waals surface area (Å²) in [4.78, 5) is 9.24. The molecule has 3 aliphatic rings. The van der Waals surface area contributed by atoms with Gasteiger partial charge < -0.3 is 4.57 Å². The van der Waals surface area contributed by atoms with Gasteiger partial charge in [0.1, 0.15) is 5.82 Å². The first kappa shape index (κ1) is 27.2. The summed E-state index contributed by atoms with van der Waals surface area (Å²) < 4.78 is 5.18. The Morgan fingerprint density at radius 3 is 2.32 bits per heavy atom. The summed E-state index contributed by atoms with van der Waals surface area (Å²) in [5.41, 5.74) is 5.64. The molecule has 214 valence electrons. The summed E-state index contributed by atoms with van der Waals surface area (Å²) in [6.07, 6.45) is 10.3. The maximum Gasteiger partial charge on any atom is 0.106 e. The van der Waals surface area contributed by atoms with Gasteiger partial charge in [0.25, 0.3) is 0 Å². The van der Waals surface area contributed by atoms with Crippen molar-refractivity contribution in [3.05, 3.63) is 95.8 Å². The normalized spacial score (nSPS) is 25.0. The second-order valence-electron chi connectivity index (χ2n) is 12.9. The number of rotatable bonds is 7. The van der Waals surface area contributed by atoms with Gasteiger partial charge in [0.05, 0.1) is 11.0 Å². The van der Waals surface area contributed by atoms with Crippen LogP contribution in [0.3, 0.4) is 0 Å². The molecule has 5 heteroatoms. The van der Waals surface area contributed by atoms with Crippen molar-refractivity contribution in [3.8, 4) is 0 Å². The van der Waals surface area contributed by atoms with Crippen LogP contribution in [0.2, 0.25) is 0 Å². The smallest absolute Gasteiger partial charge is 0.106 e. The van der Waals surface area contributed by atoms with Crippen LogP contribution in [-0.4, -0.2) is 50.5 Å². The van der Waals surface area contributed by atoms with Gasteiger partial charge in [-0.1, -0.05) is 61.0 Å². The zero-order valence-electron chi connectivity index (χ0n) is 24.7. The van der Waals surface area contributed by atoms with Gasteiger partial charge in [0.2, 0.25) is 0 Å². The average Bonchev–Trinajstić information content (AvgIpc) is 3.32. The first-order chi connectivity index (χ1) is 20.1. The lowest BCUT2D eigenvalue weighted by atomic mass is 9.70. The number of benzene rings is 3. The Bertz CT molecular complexity index is 1460. The molecule has 0 spiro atoms. The molecule has 2 bridgehead atoms. The number of hydrogen-bond donors (Lipinski definition) is 0. The molecule has 0 saturated carbocycles. The highest BCUT2D eigenvalue weighted by molar-refractivity contribution is 7.97. The van der Waals surface area contributed by atoms with Crippen LogP contribution in [0.25, 0.3) is 11.0 Å². The maximum atomic E-state index is 4.92. The van der Waals surface area contributed by atoms with Crippen LogP contribution in [0.1, 0.15) is 74.4 Å². The molecule has 0 aliphatic carbocycles. The number of imidazole rings is 1. The minimum atomic E-state index is 0.271. The van der Waals surface area contributed by atoms with Crippen molar-refractivity contribution >= 4 is 23.0 Å². The van der Waals surface area contributed by atoms with Crippen molar-refractivity contribution in [2.75, 3.05) is 19.6 Å². The molecule has 1 unspecified atom stereocenters. The third kappa shape index (κ3) is 5.49. The maximum absolute atomic E-state index is 4.92. The van der Waals surface area contributed by atoms with Gasteiger partial charge in [0.15, 0.2) is 0 Å². The summed E-state index contributed by atoms with van der Waals surface area (Å²) >= 11 is 1.95. The fourth-order valence-electron chi connectivity index (χ4n) is 8.30. The van der Waals surface area contributed by atoms with Crippen LogP contribution < -0.4 is 0 Å². The average molecular weight is 565 g/mol. The molecule has 3 saturated heterocycles. The molecule has 4 heterocycles. The van der Waals surface area contributed by atoms with Gasteiger partial charge >= 0.3 is 0 Å². The molecule has 4 nitrogen and oxygen atoms in total. The van der Waals surface area contributed by atoms with Crippen molar-refractivity contribution in [1.82, 2.24) is 18.8 Å². The minimum Gasteiger partial charge on any atom is -0.325 e. The van der Waals surface area contributed by atoms with Crippen molar-refractivity contribution in [1.29, 1.82) is 0 Å². The van der Waals surface area contributed by atoms with E-state index in [2.05, 4.69) is 106 Å². The third-order valence-corrected chi connectivity index (χ3v) is 11.5. The van der Waals surface area contributed by atoms with Gasteiger partial charge in [-0.05, 0) is 118 Å². The lowest BCUT2D eigenvalue weighted by molar-refractivity contribution is 0.00923. The molecular weight excluding hydrogens is 520 g/mol. The monoisotopic (exact) mass is 564 g/mol. The summed E-state index contributed by atoms with van der Waals surface area (Å²) in [7, 11) is 0. The second kappa shape index (κ2) is 11.6. The van der Waals surface area contributed by atoms with Gasteiger partial charge in [-0.3, -0.25) is 4.90 Å². The van der Waals surface area contributed by atoms with Crippen molar-refractivity contribution < 1.29 is 0 Å². The van der Waals surface area contributed by atoms with E-state index < -0.39 is 0 Å². The summed E-state index contributed by atoms with van der Waals surface area (Å²) in [5, 5.41) is 0. The largest absolute Gasteiger partial charge is 0.325 e. The van der Waals surface area contributed by atoms with Crippen molar-refractivity contribution in [2.24, 2.45) is 0 Å². The molecular formula is C36H44N4S. The van der Waals surface area contributed by atoms with E-state index in [1.807, 2.05) is 11.9 Å². The molecule has 0 amide bonds. The lowest BCUT2D eigenvalue weighted by Gasteiger charge is -2.51. The van der Waals surface area contributed by atoms with Crippen LogP contribution in [0.5, 0.6) is 0 Å². The molecule has 7 rings (SSSR count). The first-order valence-corrected chi connectivity index (χ1v) is 16.6. The Morgan fingerprint density at radius 1 is 0.829 bits per heavy atom. The number of hydrogen-bond acceptors (Lipinski definition) is 4. The molecule has 1 aromatic heterocycles. The SMILES string of the molecule is Cc1cccc(SN2CCC(CCN3[C@@H]4CCC[C@H]3CC(n3c(C)nc5ccccc53)C4)(c3ccccc3)CC2)c1. The molecule has 3 aliphatic heterocycles.